The molecule has 0 aromatic rings. The van der Waals surface area contributed by atoms with Crippen molar-refractivity contribution < 1.29 is 41.2 Å². The molecule has 0 bridgehead atoms. The molecule has 1 fully saturated rings. The summed E-state index contributed by atoms with van der Waals surface area (Å²) in [5.41, 5.74) is 0. The van der Waals surface area contributed by atoms with Gasteiger partial charge in [0.1, 0.15) is 0 Å². The van der Waals surface area contributed by atoms with Crippen molar-refractivity contribution in [3.63, 3.8) is 0 Å². The zero-order chi connectivity index (χ0) is 4.41. The van der Waals surface area contributed by atoms with Gasteiger partial charge in [0.15, 0.2) is 0 Å². The molecule has 0 radical (unpaired) electrons. The Bertz CT molecular complexity index is 50.2. The van der Waals surface area contributed by atoms with Crippen molar-refractivity contribution in [2.75, 3.05) is 6.61 Å². The Kier molecular flexibility index (Phi) is 8.83. The van der Waals surface area contributed by atoms with E-state index in [1.165, 1.54) is 12.8 Å². The van der Waals surface area contributed by atoms with E-state index < -0.39 is 0 Å². The second-order valence-electron chi connectivity index (χ2n) is 1.74. The smallest absolute Gasteiger partial charge is 1.00 e. The van der Waals surface area contributed by atoms with Crippen LogP contribution in [0.2, 0.25) is 0 Å². The van der Waals surface area contributed by atoms with Crippen LogP contribution in [0.5, 0.6) is 0 Å². The average molecular weight is 128 g/mol. The van der Waals surface area contributed by atoms with Gasteiger partial charge in [-0.25, -0.2) is 0 Å². The van der Waals surface area contributed by atoms with Crippen LogP contribution in [0.25, 0.3) is 0 Å². The van der Waals surface area contributed by atoms with E-state index in [0.29, 0.717) is 6.10 Å². The topological polar surface area (TPSA) is 44.0 Å². The molecule has 3 heteroatoms. The largest absolute Gasteiger partial charge is 1.00 e. The molecule has 0 spiro atoms. The second kappa shape index (κ2) is 6.05. The van der Waals surface area contributed by atoms with Crippen LogP contribution in [-0.4, -0.2) is 18.2 Å². The Morgan fingerprint density at radius 3 is 2.38 bits per heavy atom. The molecular formula is C5H13NaO2. The van der Waals surface area contributed by atoms with Crippen molar-refractivity contribution in [2.45, 2.75) is 25.9 Å². The maximum Gasteiger partial charge on any atom is 1.00 e. The van der Waals surface area contributed by atoms with Crippen molar-refractivity contribution in [3.05, 3.63) is 0 Å². The van der Waals surface area contributed by atoms with Gasteiger partial charge >= 0.3 is 29.6 Å². The van der Waals surface area contributed by atoms with E-state index in [1.807, 2.05) is 0 Å². The summed E-state index contributed by atoms with van der Waals surface area (Å²) < 4.78 is 4.95. The van der Waals surface area contributed by atoms with Crippen LogP contribution < -0.4 is 29.6 Å². The van der Waals surface area contributed by atoms with Gasteiger partial charge in [0.05, 0.1) is 12.7 Å². The summed E-state index contributed by atoms with van der Waals surface area (Å²) >= 11 is 0. The fourth-order valence-electron chi connectivity index (χ4n) is 0.557. The third kappa shape index (κ3) is 5.06. The summed E-state index contributed by atoms with van der Waals surface area (Å²) in [6, 6.07) is 0. The molecule has 2 nitrogen and oxygen atoms in total. The third-order valence-electron chi connectivity index (χ3n) is 1.01. The Morgan fingerprint density at radius 2 is 2.25 bits per heavy atom. The first-order valence-electron chi connectivity index (χ1n) is 2.55. The zero-order valence-corrected chi connectivity index (χ0v) is 7.61. The van der Waals surface area contributed by atoms with E-state index in [9.17, 15) is 0 Å². The summed E-state index contributed by atoms with van der Waals surface area (Å²) in [5.74, 6) is 0. The number of hydrogen-bond donors (Lipinski definition) is 0. The van der Waals surface area contributed by atoms with Crippen LogP contribution in [0.1, 0.15) is 21.2 Å². The van der Waals surface area contributed by atoms with E-state index in [1.54, 1.807) is 0 Å². The SMILES string of the molecule is CCCC1CO1.O.[H-].[Na+]. The molecule has 2 N–H and O–H groups in total. The predicted molar refractivity (Wildman–Crippen MR) is 29.4 cm³/mol. The minimum absolute atomic E-state index is 0. The standard InChI is InChI=1S/C5H10O.Na.H2O.H/c1-2-3-5-4-6-5;;;/h5H,2-4H2,1H3;;1H2;/q;+1;;-1. The quantitative estimate of drug-likeness (QED) is 0.299. The molecule has 0 aliphatic carbocycles. The van der Waals surface area contributed by atoms with Gasteiger partial charge in [0, 0.05) is 0 Å². The Morgan fingerprint density at radius 1 is 1.75 bits per heavy atom. The van der Waals surface area contributed by atoms with E-state index in [4.69, 9.17) is 4.74 Å². The van der Waals surface area contributed by atoms with Crippen LogP contribution in [0.15, 0.2) is 0 Å². The molecule has 0 amide bonds. The van der Waals surface area contributed by atoms with Crippen molar-refractivity contribution >= 4 is 0 Å². The Labute approximate surface area is 73.7 Å². The summed E-state index contributed by atoms with van der Waals surface area (Å²) in [6.45, 7) is 3.20. The van der Waals surface area contributed by atoms with Crippen LogP contribution in [0.3, 0.4) is 0 Å². The predicted octanol–water partition coefficient (Wildman–Crippen LogP) is -2.52. The molecular weight excluding hydrogens is 115 g/mol. The molecule has 1 heterocycles. The minimum Gasteiger partial charge on any atom is -1.00 e. The normalized spacial score (nSPS) is 22.9. The van der Waals surface area contributed by atoms with Gasteiger partial charge in [-0.1, -0.05) is 13.3 Å². The number of hydrogen-bond acceptors (Lipinski definition) is 1. The van der Waals surface area contributed by atoms with Gasteiger partial charge in [0.25, 0.3) is 0 Å². The molecule has 1 atom stereocenters. The molecule has 1 aliphatic heterocycles. The minimum atomic E-state index is 0. The summed E-state index contributed by atoms with van der Waals surface area (Å²) in [4.78, 5) is 0. The van der Waals surface area contributed by atoms with Crippen LogP contribution >= 0.6 is 0 Å². The van der Waals surface area contributed by atoms with Crippen molar-refractivity contribution in [2.24, 2.45) is 0 Å². The second-order valence-corrected chi connectivity index (χ2v) is 1.74. The van der Waals surface area contributed by atoms with E-state index in [-0.39, 0.29) is 36.5 Å². The van der Waals surface area contributed by atoms with Gasteiger partial charge in [-0.3, -0.25) is 0 Å². The number of epoxide rings is 1. The summed E-state index contributed by atoms with van der Waals surface area (Å²) in [5, 5.41) is 0. The van der Waals surface area contributed by atoms with Crippen LogP contribution in [0.4, 0.5) is 0 Å². The summed E-state index contributed by atoms with van der Waals surface area (Å²) in [7, 11) is 0. The van der Waals surface area contributed by atoms with Gasteiger partial charge < -0.3 is 11.6 Å². The molecule has 46 valence electrons. The van der Waals surface area contributed by atoms with Gasteiger partial charge in [-0.2, -0.15) is 0 Å². The summed E-state index contributed by atoms with van der Waals surface area (Å²) in [6.07, 6.45) is 3.18. The molecule has 1 saturated heterocycles. The molecule has 0 aromatic heterocycles. The van der Waals surface area contributed by atoms with Crippen LogP contribution in [0, 0.1) is 0 Å². The molecule has 1 unspecified atom stereocenters. The van der Waals surface area contributed by atoms with E-state index >= 15 is 0 Å². The van der Waals surface area contributed by atoms with E-state index in [0.717, 1.165) is 6.61 Å². The molecule has 0 aromatic carbocycles. The van der Waals surface area contributed by atoms with Crippen molar-refractivity contribution in [3.8, 4) is 0 Å². The molecule has 0 saturated carbocycles. The maximum absolute atomic E-state index is 4.95. The Balaban J connectivity index is -0.000000120. The van der Waals surface area contributed by atoms with Gasteiger partial charge in [-0.15, -0.1) is 0 Å². The third-order valence-corrected chi connectivity index (χ3v) is 1.01. The number of ether oxygens (including phenoxy) is 1. The molecule has 8 heavy (non-hydrogen) atoms. The first kappa shape index (κ1) is 11.7. The average Bonchev–Trinajstić information content (AvgIpc) is 2.21. The van der Waals surface area contributed by atoms with Crippen LogP contribution in [-0.2, 0) is 4.74 Å². The monoisotopic (exact) mass is 128 g/mol. The van der Waals surface area contributed by atoms with Crippen molar-refractivity contribution in [1.29, 1.82) is 0 Å². The van der Waals surface area contributed by atoms with Gasteiger partial charge in [0.2, 0.25) is 0 Å². The zero-order valence-electron chi connectivity index (χ0n) is 6.61. The van der Waals surface area contributed by atoms with Gasteiger partial charge in [-0.05, 0) is 6.42 Å². The fourth-order valence-corrected chi connectivity index (χ4v) is 0.557. The van der Waals surface area contributed by atoms with Crippen molar-refractivity contribution in [1.82, 2.24) is 0 Å². The molecule has 1 aliphatic rings. The fraction of sp³-hybridized carbons (Fsp3) is 1.00. The van der Waals surface area contributed by atoms with E-state index in [2.05, 4.69) is 6.92 Å². The Hall–Kier alpha value is 0.920. The first-order valence-corrected chi connectivity index (χ1v) is 2.55. The molecule has 1 rings (SSSR count). The maximum atomic E-state index is 4.95. The number of rotatable bonds is 2. The first-order chi connectivity index (χ1) is 2.93.